The van der Waals surface area contributed by atoms with Crippen LogP contribution in [0.4, 0.5) is 14.5 Å². The van der Waals surface area contributed by atoms with E-state index in [2.05, 4.69) is 10.3 Å². The van der Waals surface area contributed by atoms with Crippen LogP contribution in [0.5, 0.6) is 0 Å². The molecule has 0 amide bonds. The first kappa shape index (κ1) is 13.7. The van der Waals surface area contributed by atoms with Crippen molar-refractivity contribution >= 4 is 11.6 Å². The number of nitrogens with one attached hydrogen (secondary N) is 1. The zero-order chi connectivity index (χ0) is 13.9. The number of ether oxygens (including phenoxy) is 1. The highest BCUT2D eigenvalue weighted by Gasteiger charge is 2.45. The number of aliphatic imine (C=N–C) groups is 1. The molecule has 104 valence electrons. The van der Waals surface area contributed by atoms with Crippen molar-refractivity contribution in [3.8, 4) is 0 Å². The Hall–Kier alpha value is -1.69. The lowest BCUT2D eigenvalue weighted by Crippen LogP contribution is -2.40. The van der Waals surface area contributed by atoms with E-state index in [9.17, 15) is 8.78 Å². The Balaban J connectivity index is 1.99. The molecule has 0 saturated heterocycles. The molecule has 19 heavy (non-hydrogen) atoms. The van der Waals surface area contributed by atoms with E-state index in [0.717, 1.165) is 11.3 Å². The number of nitrogens with two attached hydrogens (primary N) is 1. The third kappa shape index (κ3) is 3.64. The monoisotopic (exact) mass is 269 g/mol. The van der Waals surface area contributed by atoms with Gasteiger partial charge in [-0.2, -0.15) is 0 Å². The van der Waals surface area contributed by atoms with Crippen molar-refractivity contribution in [2.45, 2.75) is 31.4 Å². The van der Waals surface area contributed by atoms with Crippen LogP contribution in [0.25, 0.3) is 0 Å². The molecule has 0 atom stereocenters. The molecule has 1 fully saturated rings. The molecule has 0 aliphatic heterocycles. The summed E-state index contributed by atoms with van der Waals surface area (Å²) < 4.78 is 30.4. The van der Waals surface area contributed by atoms with E-state index in [0.29, 0.717) is 6.61 Å². The topological polar surface area (TPSA) is 59.6 Å². The van der Waals surface area contributed by atoms with Gasteiger partial charge in [0, 0.05) is 31.2 Å². The number of para-hydroxylation sites is 1. The van der Waals surface area contributed by atoms with Crippen molar-refractivity contribution in [2.24, 2.45) is 10.7 Å². The van der Waals surface area contributed by atoms with Gasteiger partial charge in [-0.25, -0.2) is 13.8 Å². The van der Waals surface area contributed by atoms with Crippen LogP contribution in [-0.2, 0) is 11.3 Å². The summed E-state index contributed by atoms with van der Waals surface area (Å²) in [5, 5.41) is 2.92. The van der Waals surface area contributed by atoms with Gasteiger partial charge in [-0.3, -0.25) is 0 Å². The minimum absolute atomic E-state index is 0.157. The molecule has 3 N–H and O–H groups in total. The second-order valence-electron chi connectivity index (χ2n) is 4.65. The van der Waals surface area contributed by atoms with E-state index < -0.39 is 12.0 Å². The van der Waals surface area contributed by atoms with Gasteiger partial charge in [-0.05, 0) is 6.07 Å². The van der Waals surface area contributed by atoms with Gasteiger partial charge >= 0.3 is 0 Å². The maximum absolute atomic E-state index is 12.7. The third-order valence-electron chi connectivity index (χ3n) is 2.97. The van der Waals surface area contributed by atoms with Crippen LogP contribution in [0.3, 0.4) is 0 Å². The Labute approximate surface area is 110 Å². The van der Waals surface area contributed by atoms with Gasteiger partial charge in [0.15, 0.2) is 5.96 Å². The summed E-state index contributed by atoms with van der Waals surface area (Å²) in [5.74, 6) is -2.42. The molecule has 0 heterocycles. The first-order chi connectivity index (χ1) is 9.00. The number of benzene rings is 1. The Morgan fingerprint density at radius 1 is 1.47 bits per heavy atom. The molecular formula is C13H17F2N3O. The van der Waals surface area contributed by atoms with Gasteiger partial charge in [0.05, 0.1) is 12.6 Å². The highest BCUT2D eigenvalue weighted by Crippen LogP contribution is 2.39. The van der Waals surface area contributed by atoms with Gasteiger partial charge < -0.3 is 15.8 Å². The fourth-order valence-electron chi connectivity index (χ4n) is 2.01. The lowest BCUT2D eigenvalue weighted by Gasteiger charge is -2.32. The highest BCUT2D eigenvalue weighted by molar-refractivity contribution is 5.93. The average molecular weight is 269 g/mol. The van der Waals surface area contributed by atoms with Crippen molar-refractivity contribution in [1.29, 1.82) is 0 Å². The molecule has 2 rings (SSSR count). The van der Waals surface area contributed by atoms with Crippen LogP contribution in [0.15, 0.2) is 29.3 Å². The number of halogens is 2. The number of anilines is 1. The van der Waals surface area contributed by atoms with E-state index in [4.69, 9.17) is 10.5 Å². The number of rotatable bonds is 4. The number of hydrogen-bond acceptors (Lipinski definition) is 2. The van der Waals surface area contributed by atoms with Crippen LogP contribution in [-0.4, -0.2) is 25.0 Å². The Kier molecular flexibility index (Phi) is 3.99. The average Bonchev–Trinajstić information content (AvgIpc) is 2.29. The fourth-order valence-corrected chi connectivity index (χ4v) is 2.01. The smallest absolute Gasteiger partial charge is 0.252 e. The van der Waals surface area contributed by atoms with Gasteiger partial charge in [0.25, 0.3) is 5.92 Å². The summed E-state index contributed by atoms with van der Waals surface area (Å²) in [6.07, 6.45) is -0.454. The second-order valence-corrected chi connectivity index (χ2v) is 4.65. The predicted molar refractivity (Wildman–Crippen MR) is 70.4 cm³/mol. The number of methoxy groups -OCH3 is 1. The lowest BCUT2D eigenvalue weighted by atomic mass is 9.89. The van der Waals surface area contributed by atoms with Crippen LogP contribution < -0.4 is 11.1 Å². The molecule has 6 heteroatoms. The summed E-state index contributed by atoms with van der Waals surface area (Å²) in [6, 6.07) is 7.09. The molecule has 1 aromatic rings. The Morgan fingerprint density at radius 3 is 2.79 bits per heavy atom. The fraction of sp³-hybridized carbons (Fsp3) is 0.462. The van der Waals surface area contributed by atoms with Crippen molar-refractivity contribution in [3.05, 3.63) is 29.8 Å². The third-order valence-corrected chi connectivity index (χ3v) is 2.97. The van der Waals surface area contributed by atoms with E-state index >= 15 is 0 Å². The van der Waals surface area contributed by atoms with E-state index in [1.807, 2.05) is 24.3 Å². The Bertz CT molecular complexity index is 469. The number of alkyl halides is 2. The Morgan fingerprint density at radius 2 is 2.16 bits per heavy atom. The minimum atomic E-state index is -2.58. The molecule has 1 aliphatic carbocycles. The molecule has 0 radical (unpaired) electrons. The minimum Gasteiger partial charge on any atom is -0.380 e. The van der Waals surface area contributed by atoms with Crippen LogP contribution in [0.1, 0.15) is 18.4 Å². The number of hydrogen-bond donors (Lipinski definition) is 2. The summed E-state index contributed by atoms with van der Waals surface area (Å²) in [4.78, 5) is 4.04. The maximum atomic E-state index is 12.7. The van der Waals surface area contributed by atoms with Crippen molar-refractivity contribution < 1.29 is 13.5 Å². The summed E-state index contributed by atoms with van der Waals surface area (Å²) in [5.41, 5.74) is 7.43. The quantitative estimate of drug-likeness (QED) is 0.651. The SMILES string of the molecule is COCc1ccccc1NC(N)=NC1CC(F)(F)C1. The van der Waals surface area contributed by atoms with E-state index in [-0.39, 0.29) is 18.8 Å². The standard InChI is InChI=1S/C13H17F2N3O/c1-19-8-9-4-2-3-5-11(9)18-12(16)17-10-6-13(14,15)7-10/h2-5,10H,6-8H2,1H3,(H3,16,17,18). The molecule has 4 nitrogen and oxygen atoms in total. The first-order valence-corrected chi connectivity index (χ1v) is 6.05. The number of guanidine groups is 1. The van der Waals surface area contributed by atoms with Gasteiger partial charge in [-0.15, -0.1) is 0 Å². The summed E-state index contributed by atoms with van der Waals surface area (Å²) in [7, 11) is 1.60. The second kappa shape index (κ2) is 5.52. The molecule has 0 unspecified atom stereocenters. The zero-order valence-corrected chi connectivity index (χ0v) is 10.7. The first-order valence-electron chi connectivity index (χ1n) is 6.05. The van der Waals surface area contributed by atoms with E-state index in [1.54, 1.807) is 7.11 Å². The van der Waals surface area contributed by atoms with Crippen molar-refractivity contribution in [2.75, 3.05) is 12.4 Å². The van der Waals surface area contributed by atoms with E-state index in [1.165, 1.54) is 0 Å². The van der Waals surface area contributed by atoms with Gasteiger partial charge in [0.1, 0.15) is 0 Å². The molecule has 0 bridgehead atoms. The van der Waals surface area contributed by atoms with Crippen LogP contribution in [0.2, 0.25) is 0 Å². The molecule has 1 aromatic carbocycles. The molecule has 1 aliphatic rings. The van der Waals surface area contributed by atoms with Crippen LogP contribution >= 0.6 is 0 Å². The maximum Gasteiger partial charge on any atom is 0.252 e. The largest absolute Gasteiger partial charge is 0.380 e. The predicted octanol–water partition coefficient (Wildman–Crippen LogP) is 2.36. The van der Waals surface area contributed by atoms with Crippen molar-refractivity contribution in [3.63, 3.8) is 0 Å². The number of nitrogens with zero attached hydrogens (tertiary/aromatic N) is 1. The molecule has 0 spiro atoms. The summed E-state index contributed by atoms with van der Waals surface area (Å²) >= 11 is 0. The van der Waals surface area contributed by atoms with Crippen LogP contribution in [0, 0.1) is 0 Å². The summed E-state index contributed by atoms with van der Waals surface area (Å²) in [6.45, 7) is 0.442. The normalized spacial score (nSPS) is 19.0. The highest BCUT2D eigenvalue weighted by atomic mass is 19.3. The molecule has 0 aromatic heterocycles. The molecule has 1 saturated carbocycles. The van der Waals surface area contributed by atoms with Gasteiger partial charge in [-0.1, -0.05) is 18.2 Å². The lowest BCUT2D eigenvalue weighted by molar-refractivity contribution is -0.0834. The van der Waals surface area contributed by atoms with Crippen molar-refractivity contribution in [1.82, 2.24) is 0 Å². The zero-order valence-electron chi connectivity index (χ0n) is 10.7. The molecular weight excluding hydrogens is 252 g/mol. The van der Waals surface area contributed by atoms with Gasteiger partial charge in [0.2, 0.25) is 0 Å².